The van der Waals surface area contributed by atoms with Crippen molar-refractivity contribution in [1.29, 1.82) is 0 Å². The van der Waals surface area contributed by atoms with Gasteiger partial charge in [-0.2, -0.15) is 0 Å². The van der Waals surface area contributed by atoms with Crippen LogP contribution in [0.2, 0.25) is 0 Å². The van der Waals surface area contributed by atoms with Crippen LogP contribution in [0.15, 0.2) is 18.2 Å². The predicted octanol–water partition coefficient (Wildman–Crippen LogP) is 3.46. The number of aryl methyl sites for hydroxylation is 2. The first-order chi connectivity index (χ1) is 7.98. The number of alkyl halides is 1. The van der Waals surface area contributed by atoms with E-state index in [0.29, 0.717) is 19.3 Å². The Morgan fingerprint density at radius 1 is 1.35 bits per heavy atom. The lowest BCUT2D eigenvalue weighted by Crippen LogP contribution is -2.39. The molecule has 2 unspecified atom stereocenters. The van der Waals surface area contributed by atoms with Crippen LogP contribution < -0.4 is 5.73 Å². The van der Waals surface area contributed by atoms with Gasteiger partial charge in [0.15, 0.2) is 0 Å². The molecular formula is C15H22FN. The van der Waals surface area contributed by atoms with Crippen molar-refractivity contribution in [3.8, 4) is 0 Å². The molecule has 1 aromatic rings. The first-order valence-corrected chi connectivity index (χ1v) is 6.49. The minimum absolute atomic E-state index is 0.0419. The Morgan fingerprint density at radius 2 is 2.12 bits per heavy atom. The Kier molecular flexibility index (Phi) is 3.53. The number of rotatable bonds is 2. The standard InChI is InChI=1S/C15H22FN/c1-11-5-6-13(8-12(11)2)9-15(16)7-3-4-14(17)10-15/h5-6,8,14H,3-4,7,9-10,17H2,1-2H3. The van der Waals surface area contributed by atoms with Crippen molar-refractivity contribution < 1.29 is 4.39 Å². The lowest BCUT2D eigenvalue weighted by molar-refractivity contribution is 0.0965. The molecule has 0 aromatic heterocycles. The topological polar surface area (TPSA) is 26.0 Å². The van der Waals surface area contributed by atoms with E-state index in [2.05, 4.69) is 26.0 Å². The summed E-state index contributed by atoms with van der Waals surface area (Å²) in [5, 5.41) is 0. The fourth-order valence-electron chi connectivity index (χ4n) is 2.79. The highest BCUT2D eigenvalue weighted by Gasteiger charge is 2.35. The van der Waals surface area contributed by atoms with Crippen LogP contribution in [0.4, 0.5) is 4.39 Å². The van der Waals surface area contributed by atoms with Gasteiger partial charge in [-0.3, -0.25) is 0 Å². The van der Waals surface area contributed by atoms with Gasteiger partial charge in [-0.25, -0.2) is 4.39 Å². The maximum atomic E-state index is 14.7. The smallest absolute Gasteiger partial charge is 0.116 e. The molecule has 0 amide bonds. The number of nitrogens with two attached hydrogens (primary N) is 1. The largest absolute Gasteiger partial charge is 0.328 e. The highest BCUT2D eigenvalue weighted by Crippen LogP contribution is 2.34. The van der Waals surface area contributed by atoms with E-state index in [-0.39, 0.29) is 6.04 Å². The van der Waals surface area contributed by atoms with Crippen molar-refractivity contribution in [1.82, 2.24) is 0 Å². The van der Waals surface area contributed by atoms with E-state index in [0.717, 1.165) is 18.4 Å². The van der Waals surface area contributed by atoms with Crippen molar-refractivity contribution in [3.05, 3.63) is 34.9 Å². The second-order valence-electron chi connectivity index (χ2n) is 5.60. The zero-order chi connectivity index (χ0) is 12.5. The van der Waals surface area contributed by atoms with Gasteiger partial charge in [-0.15, -0.1) is 0 Å². The average Bonchev–Trinajstić information content (AvgIpc) is 2.22. The van der Waals surface area contributed by atoms with Crippen molar-refractivity contribution >= 4 is 0 Å². The lowest BCUT2D eigenvalue weighted by atomic mass is 9.79. The molecule has 0 aliphatic heterocycles. The van der Waals surface area contributed by atoms with Crippen LogP contribution in [0.25, 0.3) is 0 Å². The van der Waals surface area contributed by atoms with E-state index >= 15 is 0 Å². The molecule has 2 rings (SSSR count). The summed E-state index contributed by atoms with van der Waals surface area (Å²) in [6.07, 6.45) is 3.58. The highest BCUT2D eigenvalue weighted by molar-refractivity contribution is 5.30. The third-order valence-electron chi connectivity index (χ3n) is 3.92. The third kappa shape index (κ3) is 3.06. The minimum atomic E-state index is -1.08. The Bertz CT molecular complexity index is 402. The number of hydrogen-bond donors (Lipinski definition) is 1. The monoisotopic (exact) mass is 235 g/mol. The van der Waals surface area contributed by atoms with Gasteiger partial charge in [0.1, 0.15) is 5.67 Å². The molecule has 1 aromatic carbocycles. The molecule has 1 fully saturated rings. The summed E-state index contributed by atoms with van der Waals surface area (Å²) in [6.45, 7) is 4.16. The summed E-state index contributed by atoms with van der Waals surface area (Å²) in [5.41, 5.74) is 8.40. The van der Waals surface area contributed by atoms with Crippen LogP contribution in [0.3, 0.4) is 0 Å². The van der Waals surface area contributed by atoms with Crippen LogP contribution in [0.5, 0.6) is 0 Å². The molecular weight excluding hydrogens is 213 g/mol. The molecule has 2 atom stereocenters. The van der Waals surface area contributed by atoms with Crippen molar-refractivity contribution in [2.45, 2.75) is 57.7 Å². The van der Waals surface area contributed by atoms with Gasteiger partial charge in [0, 0.05) is 12.5 Å². The number of hydrogen-bond acceptors (Lipinski definition) is 1. The molecule has 0 radical (unpaired) electrons. The number of benzene rings is 1. The van der Waals surface area contributed by atoms with Gasteiger partial charge in [0.05, 0.1) is 0 Å². The number of halogens is 1. The van der Waals surface area contributed by atoms with E-state index in [1.54, 1.807) is 0 Å². The summed E-state index contributed by atoms with van der Waals surface area (Å²) in [5.74, 6) is 0. The van der Waals surface area contributed by atoms with Gasteiger partial charge < -0.3 is 5.73 Å². The molecule has 1 saturated carbocycles. The van der Waals surface area contributed by atoms with E-state index in [1.165, 1.54) is 11.1 Å². The van der Waals surface area contributed by atoms with Gasteiger partial charge >= 0.3 is 0 Å². The Labute approximate surface area is 103 Å². The van der Waals surface area contributed by atoms with E-state index in [9.17, 15) is 4.39 Å². The molecule has 17 heavy (non-hydrogen) atoms. The molecule has 94 valence electrons. The maximum absolute atomic E-state index is 14.7. The van der Waals surface area contributed by atoms with Crippen molar-refractivity contribution in [2.75, 3.05) is 0 Å². The average molecular weight is 235 g/mol. The Balaban J connectivity index is 2.11. The van der Waals surface area contributed by atoms with Gasteiger partial charge in [0.25, 0.3) is 0 Å². The van der Waals surface area contributed by atoms with E-state index < -0.39 is 5.67 Å². The summed E-state index contributed by atoms with van der Waals surface area (Å²) in [4.78, 5) is 0. The van der Waals surface area contributed by atoms with E-state index in [1.807, 2.05) is 6.07 Å². The molecule has 1 aliphatic rings. The van der Waals surface area contributed by atoms with Crippen LogP contribution in [0.1, 0.15) is 42.4 Å². The predicted molar refractivity (Wildman–Crippen MR) is 69.9 cm³/mol. The Morgan fingerprint density at radius 3 is 2.76 bits per heavy atom. The third-order valence-corrected chi connectivity index (χ3v) is 3.92. The van der Waals surface area contributed by atoms with Gasteiger partial charge in [-0.1, -0.05) is 18.2 Å². The maximum Gasteiger partial charge on any atom is 0.116 e. The molecule has 0 heterocycles. The van der Waals surface area contributed by atoms with E-state index in [4.69, 9.17) is 5.73 Å². The summed E-state index contributed by atoms with van der Waals surface area (Å²) in [6, 6.07) is 6.28. The molecule has 2 N–H and O–H groups in total. The van der Waals surface area contributed by atoms with Gasteiger partial charge in [0.2, 0.25) is 0 Å². The summed E-state index contributed by atoms with van der Waals surface area (Å²) < 4.78 is 14.7. The van der Waals surface area contributed by atoms with Crippen molar-refractivity contribution in [2.24, 2.45) is 5.73 Å². The minimum Gasteiger partial charge on any atom is -0.328 e. The quantitative estimate of drug-likeness (QED) is 0.834. The molecule has 1 nitrogen and oxygen atoms in total. The van der Waals surface area contributed by atoms with Crippen LogP contribution in [-0.4, -0.2) is 11.7 Å². The first-order valence-electron chi connectivity index (χ1n) is 6.49. The fraction of sp³-hybridized carbons (Fsp3) is 0.600. The summed E-state index contributed by atoms with van der Waals surface area (Å²) >= 11 is 0. The van der Waals surface area contributed by atoms with Gasteiger partial charge in [-0.05, 0) is 56.2 Å². The molecule has 0 spiro atoms. The SMILES string of the molecule is Cc1ccc(CC2(F)CCCC(N)C2)cc1C. The molecule has 1 aliphatic carbocycles. The van der Waals surface area contributed by atoms with Crippen molar-refractivity contribution in [3.63, 3.8) is 0 Å². The molecule has 2 heteroatoms. The lowest BCUT2D eigenvalue weighted by Gasteiger charge is -2.33. The molecule has 0 saturated heterocycles. The molecule has 0 bridgehead atoms. The zero-order valence-corrected chi connectivity index (χ0v) is 10.8. The normalized spacial score (nSPS) is 29.3. The highest BCUT2D eigenvalue weighted by atomic mass is 19.1. The second kappa shape index (κ2) is 4.77. The van der Waals surface area contributed by atoms with Crippen LogP contribution >= 0.6 is 0 Å². The van der Waals surface area contributed by atoms with Crippen LogP contribution in [-0.2, 0) is 6.42 Å². The second-order valence-corrected chi connectivity index (χ2v) is 5.60. The Hall–Kier alpha value is -0.890. The first kappa shape index (κ1) is 12.6. The van der Waals surface area contributed by atoms with Crippen LogP contribution in [0, 0.1) is 13.8 Å². The fourth-order valence-corrected chi connectivity index (χ4v) is 2.79. The summed E-state index contributed by atoms with van der Waals surface area (Å²) in [7, 11) is 0. The zero-order valence-electron chi connectivity index (χ0n) is 10.8.